The molecule has 4 rings (SSSR count). The van der Waals surface area contributed by atoms with Crippen molar-refractivity contribution in [2.75, 3.05) is 33.8 Å². The SMILES string of the molecule is CC(=O)N1CC(=O)N2[C@H](C1)[C@@H](c1ccc(-c3ccc(C(=O)N(C)C)cc3)cc1)[C@@H]2CO. The molecule has 3 amide bonds. The van der Waals surface area contributed by atoms with Crippen LogP contribution in [0.5, 0.6) is 0 Å². The number of fused-ring (bicyclic) bond motifs is 1. The lowest BCUT2D eigenvalue weighted by molar-refractivity contribution is -0.166. The maximum absolute atomic E-state index is 12.5. The van der Waals surface area contributed by atoms with Crippen molar-refractivity contribution in [2.45, 2.75) is 24.9 Å². The number of hydrogen-bond acceptors (Lipinski definition) is 4. The van der Waals surface area contributed by atoms with Crippen LogP contribution in [0.1, 0.15) is 28.8 Å². The molecule has 0 radical (unpaired) electrons. The molecule has 0 unspecified atom stereocenters. The van der Waals surface area contributed by atoms with E-state index in [4.69, 9.17) is 0 Å². The topological polar surface area (TPSA) is 81.2 Å². The minimum atomic E-state index is -0.256. The van der Waals surface area contributed by atoms with Crippen molar-refractivity contribution >= 4 is 17.7 Å². The van der Waals surface area contributed by atoms with Crippen LogP contribution in [-0.4, -0.2) is 83.4 Å². The molecule has 2 saturated heterocycles. The maximum atomic E-state index is 12.5. The van der Waals surface area contributed by atoms with E-state index >= 15 is 0 Å². The van der Waals surface area contributed by atoms with Gasteiger partial charge in [-0.05, 0) is 28.8 Å². The highest BCUT2D eigenvalue weighted by molar-refractivity contribution is 5.94. The quantitative estimate of drug-likeness (QED) is 0.813. The van der Waals surface area contributed by atoms with Crippen LogP contribution in [0.15, 0.2) is 48.5 Å². The fourth-order valence-corrected chi connectivity index (χ4v) is 4.70. The summed E-state index contributed by atoms with van der Waals surface area (Å²) >= 11 is 0. The van der Waals surface area contributed by atoms with Crippen molar-refractivity contribution in [3.63, 3.8) is 0 Å². The van der Waals surface area contributed by atoms with Crippen molar-refractivity contribution in [1.29, 1.82) is 0 Å². The van der Waals surface area contributed by atoms with Gasteiger partial charge in [0.1, 0.15) is 0 Å². The number of aliphatic hydroxyl groups is 1. The van der Waals surface area contributed by atoms with E-state index in [0.29, 0.717) is 12.1 Å². The van der Waals surface area contributed by atoms with E-state index in [-0.39, 0.29) is 48.9 Å². The monoisotopic (exact) mass is 421 g/mol. The highest BCUT2D eigenvalue weighted by atomic mass is 16.3. The highest BCUT2D eigenvalue weighted by Gasteiger charge is 2.54. The van der Waals surface area contributed by atoms with Gasteiger partial charge in [0.05, 0.1) is 25.2 Å². The maximum Gasteiger partial charge on any atom is 0.253 e. The van der Waals surface area contributed by atoms with E-state index < -0.39 is 0 Å². The summed E-state index contributed by atoms with van der Waals surface area (Å²) in [6.45, 7) is 1.95. The van der Waals surface area contributed by atoms with Crippen molar-refractivity contribution < 1.29 is 19.5 Å². The summed E-state index contributed by atoms with van der Waals surface area (Å²) in [7, 11) is 3.46. The predicted octanol–water partition coefficient (Wildman–Crippen LogP) is 1.57. The average Bonchev–Trinajstić information content (AvgIpc) is 2.75. The zero-order valence-electron chi connectivity index (χ0n) is 18.0. The molecule has 7 heteroatoms. The van der Waals surface area contributed by atoms with Crippen LogP contribution < -0.4 is 0 Å². The molecule has 1 N–H and O–H groups in total. The van der Waals surface area contributed by atoms with Gasteiger partial charge in [0, 0.05) is 39.0 Å². The molecule has 2 fully saturated rings. The fraction of sp³-hybridized carbons (Fsp3) is 0.375. The number of aliphatic hydroxyl groups excluding tert-OH is 1. The van der Waals surface area contributed by atoms with Gasteiger partial charge in [0.15, 0.2) is 0 Å². The summed E-state index contributed by atoms with van der Waals surface area (Å²) in [5, 5.41) is 9.89. The molecule has 2 heterocycles. The largest absolute Gasteiger partial charge is 0.394 e. The number of rotatable bonds is 4. The number of nitrogens with zero attached hydrogens (tertiary/aromatic N) is 3. The van der Waals surface area contributed by atoms with Crippen LogP contribution in [0.4, 0.5) is 0 Å². The minimum Gasteiger partial charge on any atom is -0.394 e. The summed E-state index contributed by atoms with van der Waals surface area (Å²) in [5.74, 6) is -0.255. The standard InChI is InChI=1S/C24H27N3O4/c1-15(29)26-12-20-23(21(14-28)27(20)22(30)13-26)18-8-4-16(5-9-18)17-6-10-19(11-7-17)24(31)25(2)3/h4-11,20-21,23,28H,12-14H2,1-3H3/t20-,21+,23-/m1/s1. The van der Waals surface area contributed by atoms with Crippen LogP contribution in [0.2, 0.25) is 0 Å². The zero-order valence-corrected chi connectivity index (χ0v) is 18.0. The second-order valence-electron chi connectivity index (χ2n) is 8.44. The van der Waals surface area contributed by atoms with Crippen molar-refractivity contribution in [3.8, 4) is 11.1 Å². The number of amides is 3. The van der Waals surface area contributed by atoms with E-state index in [9.17, 15) is 19.5 Å². The van der Waals surface area contributed by atoms with Gasteiger partial charge in [0.2, 0.25) is 11.8 Å². The van der Waals surface area contributed by atoms with Crippen molar-refractivity contribution in [1.82, 2.24) is 14.7 Å². The van der Waals surface area contributed by atoms with Gasteiger partial charge >= 0.3 is 0 Å². The van der Waals surface area contributed by atoms with Gasteiger partial charge in [-0.3, -0.25) is 14.4 Å². The summed E-state index contributed by atoms with van der Waals surface area (Å²) in [6, 6.07) is 15.2. The molecular formula is C24H27N3O4. The van der Waals surface area contributed by atoms with Crippen LogP contribution >= 0.6 is 0 Å². The van der Waals surface area contributed by atoms with Crippen LogP contribution in [0, 0.1) is 0 Å². The lowest BCUT2D eigenvalue weighted by atomic mass is 9.73. The molecule has 162 valence electrons. The Morgan fingerprint density at radius 3 is 2.13 bits per heavy atom. The molecule has 0 bridgehead atoms. The Hall–Kier alpha value is -3.19. The van der Waals surface area contributed by atoms with E-state index in [2.05, 4.69) is 0 Å². The molecule has 2 aliphatic heterocycles. The molecule has 0 spiro atoms. The summed E-state index contributed by atoms with van der Waals surface area (Å²) in [6.07, 6.45) is 0. The lowest BCUT2D eigenvalue weighted by Crippen LogP contribution is -2.73. The lowest BCUT2D eigenvalue weighted by Gasteiger charge is -2.58. The Morgan fingerprint density at radius 1 is 1.03 bits per heavy atom. The Labute approximate surface area is 181 Å². The molecule has 2 aliphatic rings. The number of piperazine rings is 1. The Morgan fingerprint density at radius 2 is 1.61 bits per heavy atom. The first-order valence-electron chi connectivity index (χ1n) is 10.4. The molecule has 3 atom stereocenters. The highest BCUT2D eigenvalue weighted by Crippen LogP contribution is 2.43. The molecular weight excluding hydrogens is 394 g/mol. The number of benzene rings is 2. The predicted molar refractivity (Wildman–Crippen MR) is 116 cm³/mol. The first-order valence-corrected chi connectivity index (χ1v) is 10.4. The molecule has 31 heavy (non-hydrogen) atoms. The summed E-state index contributed by atoms with van der Waals surface area (Å²) in [4.78, 5) is 41.2. The van der Waals surface area contributed by atoms with Gasteiger partial charge in [-0.1, -0.05) is 36.4 Å². The second kappa shape index (κ2) is 8.15. The third kappa shape index (κ3) is 3.70. The van der Waals surface area contributed by atoms with Gasteiger partial charge in [-0.15, -0.1) is 0 Å². The fourth-order valence-electron chi connectivity index (χ4n) is 4.70. The van der Waals surface area contributed by atoms with E-state index in [1.54, 1.807) is 28.8 Å². The Bertz CT molecular complexity index is 1000. The molecule has 2 aromatic carbocycles. The number of hydrogen-bond donors (Lipinski definition) is 1. The average molecular weight is 421 g/mol. The van der Waals surface area contributed by atoms with Gasteiger partial charge < -0.3 is 19.8 Å². The molecule has 0 aliphatic carbocycles. The number of carbonyl (C=O) groups is 3. The third-order valence-corrected chi connectivity index (χ3v) is 6.36. The Balaban J connectivity index is 1.54. The second-order valence-corrected chi connectivity index (χ2v) is 8.44. The van der Waals surface area contributed by atoms with Gasteiger partial charge in [-0.2, -0.15) is 0 Å². The van der Waals surface area contributed by atoms with E-state index in [0.717, 1.165) is 16.7 Å². The molecule has 0 aromatic heterocycles. The molecule has 0 saturated carbocycles. The zero-order chi connectivity index (χ0) is 22.3. The van der Waals surface area contributed by atoms with Crippen LogP contribution in [-0.2, 0) is 9.59 Å². The molecule has 2 aromatic rings. The van der Waals surface area contributed by atoms with Crippen molar-refractivity contribution in [2.24, 2.45) is 0 Å². The van der Waals surface area contributed by atoms with Gasteiger partial charge in [0.25, 0.3) is 5.91 Å². The van der Waals surface area contributed by atoms with E-state index in [1.807, 2.05) is 48.5 Å². The summed E-state index contributed by atoms with van der Waals surface area (Å²) < 4.78 is 0. The molecule has 7 nitrogen and oxygen atoms in total. The van der Waals surface area contributed by atoms with Gasteiger partial charge in [-0.25, -0.2) is 0 Å². The van der Waals surface area contributed by atoms with E-state index in [1.165, 1.54) is 6.92 Å². The summed E-state index contributed by atoms with van der Waals surface area (Å²) in [5.41, 5.74) is 3.71. The minimum absolute atomic E-state index is 0.00904. The van der Waals surface area contributed by atoms with Crippen molar-refractivity contribution in [3.05, 3.63) is 59.7 Å². The Kier molecular flexibility index (Phi) is 5.54. The van der Waals surface area contributed by atoms with Crippen LogP contribution in [0.3, 0.4) is 0 Å². The first-order chi connectivity index (χ1) is 14.8. The third-order valence-electron chi connectivity index (χ3n) is 6.36. The first kappa shape index (κ1) is 21.1. The normalized spacial score (nSPS) is 22.6. The number of carbonyl (C=O) groups excluding carboxylic acids is 3. The van der Waals surface area contributed by atoms with Crippen LogP contribution in [0.25, 0.3) is 11.1 Å². The smallest absolute Gasteiger partial charge is 0.253 e.